The van der Waals surface area contributed by atoms with Crippen LogP contribution >= 0.6 is 0 Å². The first kappa shape index (κ1) is 27.9. The van der Waals surface area contributed by atoms with Gasteiger partial charge in [0.25, 0.3) is 0 Å². The molecule has 10 aromatic rings. The fraction of sp³-hybridized carbons (Fsp3) is 0. The Labute approximate surface area is 291 Å². The number of hydrogen-bond acceptors (Lipinski definition) is 5. The second-order valence-corrected chi connectivity index (χ2v) is 12.8. The van der Waals surface area contributed by atoms with Crippen molar-refractivity contribution in [1.29, 1.82) is 0 Å². The zero-order chi connectivity index (χ0) is 33.5. The number of furan rings is 1. The van der Waals surface area contributed by atoms with E-state index < -0.39 is 0 Å². The molecule has 1 aliphatic rings. The monoisotopic (exact) mass is 654 g/mol. The highest BCUT2D eigenvalue weighted by atomic mass is 16.5. The molecule has 0 N–H and O–H groups in total. The third-order valence-electron chi connectivity index (χ3n) is 9.85. The van der Waals surface area contributed by atoms with Gasteiger partial charge in [-0.3, -0.25) is 0 Å². The summed E-state index contributed by atoms with van der Waals surface area (Å²) in [4.78, 5) is 15.0. The Morgan fingerprint density at radius 1 is 0.431 bits per heavy atom. The molecule has 0 saturated carbocycles. The summed E-state index contributed by atoms with van der Waals surface area (Å²) in [5, 5.41) is 4.29. The van der Waals surface area contributed by atoms with E-state index in [9.17, 15) is 0 Å². The second-order valence-electron chi connectivity index (χ2n) is 12.8. The molecule has 0 unspecified atom stereocenters. The van der Waals surface area contributed by atoms with Gasteiger partial charge in [0, 0.05) is 38.2 Å². The van der Waals surface area contributed by atoms with Gasteiger partial charge in [0.05, 0.1) is 16.7 Å². The number of hydrogen-bond donors (Lipinski definition) is 0. The third-order valence-corrected chi connectivity index (χ3v) is 9.85. The van der Waals surface area contributed by atoms with Crippen LogP contribution in [-0.2, 0) is 0 Å². The topological polar surface area (TPSA) is 66.0 Å². The van der Waals surface area contributed by atoms with Crippen molar-refractivity contribution in [3.63, 3.8) is 0 Å². The molecule has 7 aromatic carbocycles. The Balaban J connectivity index is 1.16. The molecule has 238 valence electrons. The molecule has 0 spiro atoms. The first-order valence-corrected chi connectivity index (χ1v) is 16.9. The summed E-state index contributed by atoms with van der Waals surface area (Å²) in [6.07, 6.45) is 0. The van der Waals surface area contributed by atoms with Crippen molar-refractivity contribution in [2.75, 3.05) is 0 Å². The predicted octanol–water partition coefficient (Wildman–Crippen LogP) is 11.6. The van der Waals surface area contributed by atoms with Gasteiger partial charge in [-0.2, -0.15) is 0 Å². The van der Waals surface area contributed by atoms with Crippen LogP contribution in [-0.4, -0.2) is 19.5 Å². The van der Waals surface area contributed by atoms with Crippen molar-refractivity contribution in [2.45, 2.75) is 0 Å². The van der Waals surface area contributed by atoms with E-state index in [0.717, 1.165) is 83.4 Å². The molecule has 0 atom stereocenters. The molecule has 11 rings (SSSR count). The highest BCUT2D eigenvalue weighted by molar-refractivity contribution is 6.19. The average Bonchev–Trinajstić information content (AvgIpc) is 3.76. The lowest BCUT2D eigenvalue weighted by Gasteiger charge is -2.21. The van der Waals surface area contributed by atoms with Crippen LogP contribution in [0.5, 0.6) is 11.5 Å². The van der Waals surface area contributed by atoms with E-state index >= 15 is 0 Å². The highest BCUT2D eigenvalue weighted by Gasteiger charge is 2.26. The minimum absolute atomic E-state index is 0.592. The fourth-order valence-corrected chi connectivity index (χ4v) is 7.60. The average molecular weight is 655 g/mol. The Morgan fingerprint density at radius 3 is 1.94 bits per heavy atom. The van der Waals surface area contributed by atoms with Gasteiger partial charge in [0.1, 0.15) is 11.2 Å². The van der Waals surface area contributed by atoms with Crippen molar-refractivity contribution in [3.05, 3.63) is 158 Å². The number of nitrogens with zero attached hydrogens (tertiary/aromatic N) is 4. The third kappa shape index (κ3) is 4.20. The summed E-state index contributed by atoms with van der Waals surface area (Å²) >= 11 is 0. The SMILES string of the molecule is c1ccc(-c2nc(-c3ccccc3)nc(-c3cccc4oc5ccc(-c6ccc7c8c6c6ccccc6n8-c6ccccc6O7)cc5c34)n2)cc1. The summed E-state index contributed by atoms with van der Waals surface area (Å²) in [6, 6.07) is 53.7. The molecule has 51 heavy (non-hydrogen) atoms. The summed E-state index contributed by atoms with van der Waals surface area (Å²) < 4.78 is 15.3. The van der Waals surface area contributed by atoms with Gasteiger partial charge >= 0.3 is 0 Å². The highest BCUT2D eigenvalue weighted by Crippen LogP contribution is 2.49. The quantitative estimate of drug-likeness (QED) is 0.189. The Kier molecular flexibility index (Phi) is 5.86. The lowest BCUT2D eigenvalue weighted by molar-refractivity contribution is 0.476. The summed E-state index contributed by atoms with van der Waals surface area (Å²) in [5.41, 5.74) is 9.77. The number of ether oxygens (including phenoxy) is 1. The van der Waals surface area contributed by atoms with Crippen LogP contribution in [0.2, 0.25) is 0 Å². The molecule has 6 heteroatoms. The molecule has 1 aliphatic heterocycles. The zero-order valence-corrected chi connectivity index (χ0v) is 27.1. The van der Waals surface area contributed by atoms with Gasteiger partial charge in [0.15, 0.2) is 29.0 Å². The lowest BCUT2D eigenvalue weighted by Crippen LogP contribution is -2.03. The minimum atomic E-state index is 0.592. The number of fused-ring (bicyclic) bond motifs is 8. The van der Waals surface area contributed by atoms with Crippen LogP contribution in [0.25, 0.3) is 94.7 Å². The molecule has 3 aromatic heterocycles. The lowest BCUT2D eigenvalue weighted by atomic mass is 9.96. The number of aromatic nitrogens is 4. The van der Waals surface area contributed by atoms with Gasteiger partial charge in [-0.15, -0.1) is 0 Å². The van der Waals surface area contributed by atoms with Crippen LogP contribution in [0, 0.1) is 0 Å². The number of benzene rings is 7. The summed E-state index contributed by atoms with van der Waals surface area (Å²) in [7, 11) is 0. The summed E-state index contributed by atoms with van der Waals surface area (Å²) in [5.74, 6) is 3.53. The molecule has 0 bridgehead atoms. The Hall–Kier alpha value is -7.05. The molecule has 6 nitrogen and oxygen atoms in total. The smallest absolute Gasteiger partial charge is 0.164 e. The molecule has 0 radical (unpaired) electrons. The molecule has 0 saturated heterocycles. The van der Waals surface area contributed by atoms with Crippen molar-refractivity contribution < 1.29 is 9.15 Å². The maximum atomic E-state index is 6.49. The van der Waals surface area contributed by atoms with Gasteiger partial charge in [-0.25, -0.2) is 15.0 Å². The molecule has 0 aliphatic carbocycles. The maximum absolute atomic E-state index is 6.49. The number of para-hydroxylation sites is 3. The van der Waals surface area contributed by atoms with Crippen molar-refractivity contribution in [1.82, 2.24) is 19.5 Å². The van der Waals surface area contributed by atoms with Crippen molar-refractivity contribution in [3.8, 4) is 62.5 Å². The second kappa shape index (κ2) is 10.7. The summed E-state index contributed by atoms with van der Waals surface area (Å²) in [6.45, 7) is 0. The van der Waals surface area contributed by atoms with E-state index in [2.05, 4.69) is 77.4 Å². The van der Waals surface area contributed by atoms with Gasteiger partial charge < -0.3 is 13.7 Å². The standard InChI is InChI=1S/C45H26N4O2/c1-3-12-27(13-4-1)43-46-44(28-14-5-2-6-15-28)48-45(47-43)32-17-11-21-38-40(32)33-26-29(22-24-36(33)50-38)30-23-25-39-42-41(30)31-16-7-8-18-34(31)49(42)35-19-9-10-20-37(35)51-39/h1-26H. The van der Waals surface area contributed by atoms with E-state index in [-0.39, 0.29) is 0 Å². The van der Waals surface area contributed by atoms with E-state index in [1.165, 1.54) is 5.39 Å². The molecule has 0 fully saturated rings. The zero-order valence-electron chi connectivity index (χ0n) is 27.1. The fourth-order valence-electron chi connectivity index (χ4n) is 7.60. The van der Waals surface area contributed by atoms with Crippen LogP contribution < -0.4 is 4.74 Å². The van der Waals surface area contributed by atoms with Gasteiger partial charge in [-0.05, 0) is 59.7 Å². The predicted molar refractivity (Wildman–Crippen MR) is 203 cm³/mol. The van der Waals surface area contributed by atoms with Crippen molar-refractivity contribution >= 4 is 43.7 Å². The van der Waals surface area contributed by atoms with Gasteiger partial charge in [-0.1, -0.05) is 109 Å². The largest absolute Gasteiger partial charge is 0.456 e. The van der Waals surface area contributed by atoms with E-state index in [1.54, 1.807) is 0 Å². The molecule has 4 heterocycles. The van der Waals surface area contributed by atoms with Gasteiger partial charge in [0.2, 0.25) is 0 Å². The van der Waals surface area contributed by atoms with Crippen molar-refractivity contribution in [2.24, 2.45) is 0 Å². The van der Waals surface area contributed by atoms with Crippen LogP contribution in [0.3, 0.4) is 0 Å². The van der Waals surface area contributed by atoms with Crippen LogP contribution in [0.4, 0.5) is 0 Å². The molecule has 0 amide bonds. The minimum Gasteiger partial charge on any atom is -0.456 e. The first-order valence-electron chi connectivity index (χ1n) is 16.9. The molecular formula is C45H26N4O2. The van der Waals surface area contributed by atoms with E-state index in [4.69, 9.17) is 24.1 Å². The normalized spacial score (nSPS) is 12.1. The first-order chi connectivity index (χ1) is 25.3. The van der Waals surface area contributed by atoms with Crippen LogP contribution in [0.15, 0.2) is 162 Å². The van der Waals surface area contributed by atoms with E-state index in [0.29, 0.717) is 17.5 Å². The Morgan fingerprint density at radius 2 is 1.14 bits per heavy atom. The van der Waals surface area contributed by atoms with E-state index in [1.807, 2.05) is 84.9 Å². The van der Waals surface area contributed by atoms with Crippen LogP contribution in [0.1, 0.15) is 0 Å². The number of rotatable bonds is 4. The molecular weight excluding hydrogens is 629 g/mol. The Bertz CT molecular complexity index is 2940. The maximum Gasteiger partial charge on any atom is 0.164 e.